The first kappa shape index (κ1) is 17.6. The number of amides is 2. The molecule has 0 bridgehead atoms. The van der Waals surface area contributed by atoms with Gasteiger partial charge in [-0.1, -0.05) is 30.3 Å². The van der Waals surface area contributed by atoms with Crippen LogP contribution < -0.4 is 5.32 Å². The molecule has 27 heavy (non-hydrogen) atoms. The van der Waals surface area contributed by atoms with E-state index in [9.17, 15) is 9.59 Å². The normalized spacial score (nSPS) is 18.7. The minimum Gasteiger partial charge on any atom is -0.343 e. The average Bonchev–Trinajstić information content (AvgIpc) is 3.58. The lowest BCUT2D eigenvalue weighted by Gasteiger charge is -2.32. The third-order valence-corrected chi connectivity index (χ3v) is 5.40. The summed E-state index contributed by atoms with van der Waals surface area (Å²) in [5.74, 6) is 0.467. The molecule has 1 saturated heterocycles. The van der Waals surface area contributed by atoms with Crippen LogP contribution in [0.3, 0.4) is 0 Å². The van der Waals surface area contributed by atoms with Crippen LogP contribution in [0.25, 0.3) is 0 Å². The summed E-state index contributed by atoms with van der Waals surface area (Å²) in [5, 5.41) is 3.15. The number of rotatable bonds is 5. The third kappa shape index (κ3) is 4.15. The van der Waals surface area contributed by atoms with Gasteiger partial charge < -0.3 is 10.2 Å². The zero-order valence-corrected chi connectivity index (χ0v) is 15.3. The Bertz CT molecular complexity index is 745. The van der Waals surface area contributed by atoms with Gasteiger partial charge in [-0.3, -0.25) is 19.6 Å². The smallest absolute Gasteiger partial charge is 0.225 e. The van der Waals surface area contributed by atoms with E-state index < -0.39 is 0 Å². The zero-order chi connectivity index (χ0) is 18.6. The van der Waals surface area contributed by atoms with Crippen LogP contribution in [0.4, 0.5) is 0 Å². The van der Waals surface area contributed by atoms with Crippen molar-refractivity contribution < 1.29 is 9.59 Å². The number of nitrogens with zero attached hydrogens (tertiary/aromatic N) is 3. The third-order valence-electron chi connectivity index (χ3n) is 5.40. The monoisotopic (exact) mass is 364 g/mol. The molecule has 6 nitrogen and oxygen atoms in total. The van der Waals surface area contributed by atoms with Crippen LogP contribution in [0.1, 0.15) is 43.0 Å². The summed E-state index contributed by atoms with van der Waals surface area (Å²) >= 11 is 0. The summed E-state index contributed by atoms with van der Waals surface area (Å²) in [6, 6.07) is 9.50. The molecule has 1 saturated carbocycles. The second kappa shape index (κ2) is 7.86. The van der Waals surface area contributed by atoms with Gasteiger partial charge in [0.25, 0.3) is 0 Å². The van der Waals surface area contributed by atoms with Gasteiger partial charge in [0.05, 0.1) is 17.9 Å². The van der Waals surface area contributed by atoms with Crippen molar-refractivity contribution >= 4 is 11.8 Å². The Morgan fingerprint density at radius 3 is 2.37 bits per heavy atom. The Hall–Kier alpha value is -2.76. The van der Waals surface area contributed by atoms with Crippen LogP contribution in [0.5, 0.6) is 0 Å². The van der Waals surface area contributed by atoms with Crippen molar-refractivity contribution in [2.45, 2.75) is 31.7 Å². The number of carbonyl (C=O) groups excluding carboxylic acids is 2. The van der Waals surface area contributed by atoms with Crippen molar-refractivity contribution in [1.82, 2.24) is 20.2 Å². The second-order valence-electron chi connectivity index (χ2n) is 7.36. The van der Waals surface area contributed by atoms with E-state index in [0.29, 0.717) is 25.9 Å². The summed E-state index contributed by atoms with van der Waals surface area (Å²) in [6.45, 7) is 1.35. The molecule has 2 aliphatic rings. The molecule has 1 aliphatic heterocycles. The zero-order valence-electron chi connectivity index (χ0n) is 15.3. The number of hydrogen-bond acceptors (Lipinski definition) is 4. The molecular weight excluding hydrogens is 340 g/mol. The Morgan fingerprint density at radius 1 is 1.00 bits per heavy atom. The van der Waals surface area contributed by atoms with Gasteiger partial charge in [-0.25, -0.2) is 0 Å². The molecular formula is C21H24N4O2. The van der Waals surface area contributed by atoms with Gasteiger partial charge in [0.15, 0.2) is 0 Å². The van der Waals surface area contributed by atoms with E-state index in [1.165, 1.54) is 0 Å². The molecule has 0 spiro atoms. The lowest BCUT2D eigenvalue weighted by atomic mass is 9.94. The van der Waals surface area contributed by atoms with E-state index in [4.69, 9.17) is 0 Å². The van der Waals surface area contributed by atoms with Gasteiger partial charge >= 0.3 is 0 Å². The molecule has 1 aromatic heterocycles. The minimum atomic E-state index is -0.321. The second-order valence-corrected chi connectivity index (χ2v) is 7.36. The fourth-order valence-electron chi connectivity index (χ4n) is 3.64. The summed E-state index contributed by atoms with van der Waals surface area (Å²) < 4.78 is 0. The van der Waals surface area contributed by atoms with Crippen molar-refractivity contribution in [3.8, 4) is 0 Å². The standard InChI is InChI=1S/C21H24N4O2/c26-20(16-8-12-25(13-9-16)21(27)17-6-7-17)24-19(15-4-2-1-3-5-15)18-14-22-10-11-23-18/h1-5,10-11,14,16-17,19H,6-9,12-13H2,(H,24,26). The van der Waals surface area contributed by atoms with Crippen LogP contribution in [0.15, 0.2) is 48.9 Å². The highest BCUT2D eigenvalue weighted by Crippen LogP contribution is 2.32. The van der Waals surface area contributed by atoms with E-state index in [1.807, 2.05) is 35.2 Å². The number of benzene rings is 1. The largest absolute Gasteiger partial charge is 0.343 e. The van der Waals surface area contributed by atoms with E-state index in [-0.39, 0.29) is 29.7 Å². The molecule has 0 radical (unpaired) electrons. The van der Waals surface area contributed by atoms with Gasteiger partial charge in [-0.15, -0.1) is 0 Å². The maximum absolute atomic E-state index is 12.9. The topological polar surface area (TPSA) is 75.2 Å². The number of likely N-dealkylation sites (tertiary alicyclic amines) is 1. The number of carbonyl (C=O) groups is 2. The number of nitrogens with one attached hydrogen (secondary N) is 1. The van der Waals surface area contributed by atoms with E-state index in [2.05, 4.69) is 15.3 Å². The van der Waals surface area contributed by atoms with Crippen LogP contribution in [-0.4, -0.2) is 39.8 Å². The van der Waals surface area contributed by atoms with Gasteiger partial charge in [0.1, 0.15) is 0 Å². The Kier molecular flexibility index (Phi) is 5.14. The highest BCUT2D eigenvalue weighted by molar-refractivity contribution is 5.82. The summed E-state index contributed by atoms with van der Waals surface area (Å²) in [4.78, 5) is 35.6. The van der Waals surface area contributed by atoms with Gasteiger partial charge in [0.2, 0.25) is 11.8 Å². The maximum atomic E-state index is 12.9. The molecule has 140 valence electrons. The number of hydrogen-bond donors (Lipinski definition) is 1. The van der Waals surface area contributed by atoms with Crippen molar-refractivity contribution in [2.24, 2.45) is 11.8 Å². The quantitative estimate of drug-likeness (QED) is 0.884. The number of piperidine rings is 1. The van der Waals surface area contributed by atoms with Gasteiger partial charge in [0, 0.05) is 37.3 Å². The van der Waals surface area contributed by atoms with Crippen LogP contribution in [0, 0.1) is 11.8 Å². The molecule has 2 heterocycles. The van der Waals surface area contributed by atoms with Crippen molar-refractivity contribution in [3.05, 3.63) is 60.2 Å². The van der Waals surface area contributed by atoms with Crippen LogP contribution in [0.2, 0.25) is 0 Å². The SMILES string of the molecule is O=C(NC(c1ccccc1)c1cnccn1)C1CCN(C(=O)C2CC2)CC1. The molecule has 1 N–H and O–H groups in total. The van der Waals surface area contributed by atoms with Gasteiger partial charge in [-0.2, -0.15) is 0 Å². The van der Waals surface area contributed by atoms with E-state index >= 15 is 0 Å². The molecule has 1 atom stereocenters. The predicted molar refractivity (Wildman–Crippen MR) is 100 cm³/mol. The van der Waals surface area contributed by atoms with Gasteiger partial charge in [-0.05, 0) is 31.2 Å². The molecule has 1 aromatic carbocycles. The first-order valence-electron chi connectivity index (χ1n) is 9.62. The first-order chi connectivity index (χ1) is 13.2. The first-order valence-corrected chi connectivity index (χ1v) is 9.62. The minimum absolute atomic E-state index is 0.0213. The molecule has 1 aliphatic carbocycles. The van der Waals surface area contributed by atoms with E-state index in [1.54, 1.807) is 18.6 Å². The molecule has 2 fully saturated rings. The van der Waals surface area contributed by atoms with Crippen LogP contribution in [-0.2, 0) is 9.59 Å². The average molecular weight is 364 g/mol. The molecule has 2 aromatic rings. The molecule has 2 amide bonds. The van der Waals surface area contributed by atoms with Crippen molar-refractivity contribution in [1.29, 1.82) is 0 Å². The highest BCUT2D eigenvalue weighted by atomic mass is 16.2. The molecule has 4 rings (SSSR count). The molecule has 1 unspecified atom stereocenters. The Balaban J connectivity index is 1.42. The summed E-state index contributed by atoms with van der Waals surface area (Å²) in [6.07, 6.45) is 8.43. The fourth-order valence-corrected chi connectivity index (χ4v) is 3.64. The lowest BCUT2D eigenvalue weighted by molar-refractivity contribution is -0.136. The summed E-state index contributed by atoms with van der Waals surface area (Å²) in [7, 11) is 0. The number of aromatic nitrogens is 2. The highest BCUT2D eigenvalue weighted by Gasteiger charge is 2.36. The Labute approximate surface area is 159 Å². The predicted octanol–water partition coefficient (Wildman–Crippen LogP) is 2.33. The summed E-state index contributed by atoms with van der Waals surface area (Å²) in [5.41, 5.74) is 1.70. The maximum Gasteiger partial charge on any atom is 0.225 e. The Morgan fingerprint density at radius 2 is 1.74 bits per heavy atom. The fraction of sp³-hybridized carbons (Fsp3) is 0.429. The van der Waals surface area contributed by atoms with Crippen molar-refractivity contribution in [3.63, 3.8) is 0 Å². The lowest BCUT2D eigenvalue weighted by Crippen LogP contribution is -2.44. The van der Waals surface area contributed by atoms with E-state index in [0.717, 1.165) is 24.1 Å². The van der Waals surface area contributed by atoms with Crippen LogP contribution >= 0.6 is 0 Å². The molecule has 6 heteroatoms. The van der Waals surface area contributed by atoms with Crippen molar-refractivity contribution in [2.75, 3.05) is 13.1 Å².